The van der Waals surface area contributed by atoms with Gasteiger partial charge in [-0.25, -0.2) is 0 Å². The number of thiophene rings is 1. The van der Waals surface area contributed by atoms with E-state index in [0.717, 1.165) is 52.3 Å². The third-order valence-corrected chi connectivity index (χ3v) is 7.62. The van der Waals surface area contributed by atoms with Crippen LogP contribution in [0.4, 0.5) is 0 Å². The van der Waals surface area contributed by atoms with Gasteiger partial charge in [-0.05, 0) is 43.8 Å². The first-order valence-corrected chi connectivity index (χ1v) is 11.0. The highest BCUT2D eigenvalue weighted by molar-refractivity contribution is 7.20. The van der Waals surface area contributed by atoms with Gasteiger partial charge in [0.15, 0.2) is 0 Å². The van der Waals surface area contributed by atoms with Gasteiger partial charge in [0.25, 0.3) is 5.91 Å². The summed E-state index contributed by atoms with van der Waals surface area (Å²) in [5.41, 5.74) is 1.99. The van der Waals surface area contributed by atoms with Crippen molar-refractivity contribution in [3.05, 3.63) is 41.3 Å². The van der Waals surface area contributed by atoms with Crippen LogP contribution in [-0.2, 0) is 11.8 Å². The summed E-state index contributed by atoms with van der Waals surface area (Å²) in [6.45, 7) is 2.11. The second-order valence-corrected chi connectivity index (χ2v) is 9.20. The van der Waals surface area contributed by atoms with Crippen LogP contribution in [0.2, 0.25) is 0 Å². The zero-order chi connectivity index (χ0) is 20.0. The van der Waals surface area contributed by atoms with Gasteiger partial charge in [-0.3, -0.25) is 9.48 Å². The van der Waals surface area contributed by atoms with E-state index in [1.54, 1.807) is 7.11 Å². The fraction of sp³-hybridized carbons (Fsp3) is 0.455. The van der Waals surface area contributed by atoms with Crippen LogP contribution in [0, 0.1) is 11.8 Å². The van der Waals surface area contributed by atoms with Crippen molar-refractivity contribution in [2.45, 2.75) is 25.0 Å². The molecule has 0 unspecified atom stereocenters. The SMILES string of the molecule is CO[C@H]1C[C@@H]2CNC[C@@H]2C[C@@H]1NC(=O)c1cc2c(-c3ccccc3)nn(C)c2s1. The molecule has 2 aliphatic rings. The number of methoxy groups -OCH3 is 1. The van der Waals surface area contributed by atoms with Gasteiger partial charge < -0.3 is 15.4 Å². The molecule has 29 heavy (non-hydrogen) atoms. The Hall–Kier alpha value is -2.22. The molecule has 1 saturated heterocycles. The Morgan fingerprint density at radius 1 is 1.24 bits per heavy atom. The molecule has 1 aliphatic carbocycles. The fourth-order valence-corrected chi connectivity index (χ4v) is 5.87. The lowest BCUT2D eigenvalue weighted by atomic mass is 9.77. The highest BCUT2D eigenvalue weighted by atomic mass is 32.1. The Bertz CT molecular complexity index is 1030. The quantitative estimate of drug-likeness (QED) is 0.694. The van der Waals surface area contributed by atoms with E-state index in [-0.39, 0.29) is 18.1 Å². The highest BCUT2D eigenvalue weighted by Gasteiger charge is 2.40. The Labute approximate surface area is 174 Å². The minimum Gasteiger partial charge on any atom is -0.379 e. The van der Waals surface area contributed by atoms with Crippen molar-refractivity contribution in [2.75, 3.05) is 20.2 Å². The summed E-state index contributed by atoms with van der Waals surface area (Å²) >= 11 is 1.50. The topological polar surface area (TPSA) is 68.2 Å². The number of aryl methyl sites for hydroxylation is 1. The molecule has 1 saturated carbocycles. The lowest BCUT2D eigenvalue weighted by molar-refractivity contribution is 0.0126. The molecule has 0 spiro atoms. The predicted octanol–water partition coefficient (Wildman–Crippen LogP) is 3.04. The zero-order valence-electron chi connectivity index (χ0n) is 16.7. The number of rotatable bonds is 4. The monoisotopic (exact) mass is 410 g/mol. The summed E-state index contributed by atoms with van der Waals surface area (Å²) in [6, 6.07) is 12.2. The van der Waals surface area contributed by atoms with Gasteiger partial charge in [0.05, 0.1) is 17.0 Å². The summed E-state index contributed by atoms with van der Waals surface area (Å²) in [6.07, 6.45) is 2.06. The molecule has 3 aromatic rings. The molecule has 1 aromatic carbocycles. The van der Waals surface area contributed by atoms with E-state index in [4.69, 9.17) is 4.74 Å². The first kappa shape index (κ1) is 18.8. The van der Waals surface area contributed by atoms with E-state index in [1.165, 1.54) is 11.3 Å². The fourth-order valence-electron chi connectivity index (χ4n) is 4.89. The van der Waals surface area contributed by atoms with Crippen molar-refractivity contribution in [3.63, 3.8) is 0 Å². The van der Waals surface area contributed by atoms with E-state index in [2.05, 4.69) is 27.9 Å². The molecule has 0 bridgehead atoms. The number of hydrogen-bond donors (Lipinski definition) is 2. The van der Waals surface area contributed by atoms with Crippen molar-refractivity contribution in [1.29, 1.82) is 0 Å². The molecule has 2 fully saturated rings. The average molecular weight is 411 g/mol. The van der Waals surface area contributed by atoms with E-state index >= 15 is 0 Å². The molecule has 2 N–H and O–H groups in total. The van der Waals surface area contributed by atoms with Crippen molar-refractivity contribution in [3.8, 4) is 11.3 Å². The van der Waals surface area contributed by atoms with Crippen LogP contribution < -0.4 is 10.6 Å². The van der Waals surface area contributed by atoms with Crippen molar-refractivity contribution in [1.82, 2.24) is 20.4 Å². The first-order chi connectivity index (χ1) is 14.1. The Morgan fingerprint density at radius 3 is 2.76 bits per heavy atom. The van der Waals surface area contributed by atoms with Crippen LogP contribution in [0.3, 0.4) is 0 Å². The summed E-state index contributed by atoms with van der Waals surface area (Å²) in [4.78, 5) is 14.8. The molecule has 2 aromatic heterocycles. The van der Waals surface area contributed by atoms with Crippen LogP contribution in [-0.4, -0.2) is 48.0 Å². The molecule has 3 heterocycles. The normalized spacial score (nSPS) is 26.6. The maximum atomic E-state index is 13.1. The first-order valence-electron chi connectivity index (χ1n) is 10.2. The van der Waals surface area contributed by atoms with Gasteiger partial charge >= 0.3 is 0 Å². The molecule has 5 rings (SSSR count). The molecule has 4 atom stereocenters. The molecular weight excluding hydrogens is 384 g/mol. The maximum Gasteiger partial charge on any atom is 0.261 e. The molecule has 0 radical (unpaired) electrons. The molecule has 152 valence electrons. The van der Waals surface area contributed by atoms with Crippen molar-refractivity contribution in [2.24, 2.45) is 18.9 Å². The number of carbonyl (C=O) groups excluding carboxylic acids is 1. The van der Waals surface area contributed by atoms with E-state index < -0.39 is 0 Å². The minimum atomic E-state index is -0.0123. The maximum absolute atomic E-state index is 13.1. The number of aromatic nitrogens is 2. The predicted molar refractivity (Wildman–Crippen MR) is 115 cm³/mol. The lowest BCUT2D eigenvalue weighted by Gasteiger charge is -2.37. The Kier molecular flexibility index (Phi) is 4.89. The number of benzene rings is 1. The van der Waals surface area contributed by atoms with Crippen molar-refractivity contribution < 1.29 is 9.53 Å². The van der Waals surface area contributed by atoms with Gasteiger partial charge in [-0.15, -0.1) is 11.3 Å². The Morgan fingerprint density at radius 2 is 2.00 bits per heavy atom. The van der Waals surface area contributed by atoms with Gasteiger partial charge in [-0.1, -0.05) is 30.3 Å². The largest absolute Gasteiger partial charge is 0.379 e. The molecular formula is C22H26N4O2S. The van der Waals surface area contributed by atoms with Crippen molar-refractivity contribution >= 4 is 27.5 Å². The summed E-state index contributed by atoms with van der Waals surface area (Å²) in [5.74, 6) is 1.28. The number of amides is 1. The van der Waals surface area contributed by atoms with E-state index in [1.807, 2.05) is 36.0 Å². The van der Waals surface area contributed by atoms with Crippen LogP contribution >= 0.6 is 11.3 Å². The lowest BCUT2D eigenvalue weighted by Crippen LogP contribution is -2.50. The number of nitrogens with zero attached hydrogens (tertiary/aromatic N) is 2. The zero-order valence-corrected chi connectivity index (χ0v) is 17.5. The summed E-state index contributed by atoms with van der Waals surface area (Å²) in [7, 11) is 3.69. The van der Waals surface area contributed by atoms with Crippen LogP contribution in [0.15, 0.2) is 36.4 Å². The molecule has 6 nitrogen and oxygen atoms in total. The second-order valence-electron chi connectivity index (χ2n) is 8.17. The van der Waals surface area contributed by atoms with Crippen LogP contribution in [0.5, 0.6) is 0 Å². The van der Waals surface area contributed by atoms with Gasteiger partial charge in [-0.2, -0.15) is 5.10 Å². The third kappa shape index (κ3) is 3.37. The van der Waals surface area contributed by atoms with Gasteiger partial charge in [0.1, 0.15) is 10.5 Å². The van der Waals surface area contributed by atoms with E-state index in [9.17, 15) is 4.79 Å². The number of nitrogens with one attached hydrogen (secondary N) is 2. The summed E-state index contributed by atoms with van der Waals surface area (Å²) in [5, 5.41) is 12.4. The molecule has 1 amide bonds. The smallest absolute Gasteiger partial charge is 0.261 e. The number of carbonyl (C=O) groups is 1. The number of ether oxygens (including phenoxy) is 1. The van der Waals surface area contributed by atoms with Crippen LogP contribution in [0.25, 0.3) is 21.5 Å². The van der Waals surface area contributed by atoms with E-state index in [0.29, 0.717) is 11.8 Å². The second kappa shape index (κ2) is 7.55. The average Bonchev–Trinajstić information content (AvgIpc) is 3.44. The highest BCUT2D eigenvalue weighted by Crippen LogP contribution is 2.36. The van der Waals surface area contributed by atoms with Crippen LogP contribution in [0.1, 0.15) is 22.5 Å². The third-order valence-electron chi connectivity index (χ3n) is 6.42. The minimum absolute atomic E-state index is 0.0123. The van der Waals surface area contributed by atoms with Gasteiger partial charge in [0, 0.05) is 25.1 Å². The molecule has 1 aliphatic heterocycles. The molecule has 7 heteroatoms. The van der Waals surface area contributed by atoms with Gasteiger partial charge in [0.2, 0.25) is 0 Å². The standard InChI is InChI=1S/C22H26N4O2S/c1-26-22-16(20(25-26)13-6-4-3-5-7-13)10-19(29-22)21(27)24-17-8-14-11-23-12-15(14)9-18(17)28-2/h3-7,10,14-15,17-18,23H,8-9,11-12H2,1-2H3,(H,24,27)/t14-,15+,17-,18-/m0/s1. The number of fused-ring (bicyclic) bond motifs is 2. The summed E-state index contributed by atoms with van der Waals surface area (Å²) < 4.78 is 7.60. The number of hydrogen-bond acceptors (Lipinski definition) is 5. The Balaban J connectivity index is 1.40.